The molecule has 18 heavy (non-hydrogen) atoms. The topological polar surface area (TPSA) is 63.4 Å². The number of nitrogens with zero attached hydrogens (tertiary/aromatic N) is 1. The maximum absolute atomic E-state index is 10.9. The number of phenolic OH excluding ortho intramolecular Hbond substituents is 1. The first-order valence-electron chi connectivity index (χ1n) is 4.97. The minimum absolute atomic E-state index is 0.0455. The summed E-state index contributed by atoms with van der Waals surface area (Å²) in [5.41, 5.74) is -0.0455. The Morgan fingerprint density at radius 3 is 2.67 bits per heavy atom. The number of nitro benzene ring substituents is 1. The standard InChI is InChI=1S/C12H8ClNO3S/c13-8-4-5-12(11(6-8)14(16)17)18-10-3-1-2-9(15)7-10/h1-7,15H. The van der Waals surface area contributed by atoms with Gasteiger partial charge in [-0.25, -0.2) is 0 Å². The molecule has 0 aromatic heterocycles. The van der Waals surface area contributed by atoms with E-state index in [4.69, 9.17) is 11.6 Å². The molecule has 0 unspecified atom stereocenters. The van der Waals surface area contributed by atoms with E-state index < -0.39 is 4.92 Å². The second kappa shape index (κ2) is 5.29. The van der Waals surface area contributed by atoms with E-state index in [1.54, 1.807) is 36.4 Å². The van der Waals surface area contributed by atoms with E-state index >= 15 is 0 Å². The van der Waals surface area contributed by atoms with E-state index in [9.17, 15) is 15.2 Å². The number of hydrogen-bond acceptors (Lipinski definition) is 4. The Balaban J connectivity index is 2.37. The quantitative estimate of drug-likeness (QED) is 0.679. The minimum atomic E-state index is -0.475. The predicted octanol–water partition coefficient (Wildman–Crippen LogP) is 4.11. The molecule has 0 bridgehead atoms. The Morgan fingerprint density at radius 2 is 2.00 bits per heavy atom. The Labute approximate surface area is 112 Å². The minimum Gasteiger partial charge on any atom is -0.508 e. The van der Waals surface area contributed by atoms with E-state index in [1.807, 2.05) is 0 Å². The van der Waals surface area contributed by atoms with E-state index in [0.717, 1.165) is 4.90 Å². The van der Waals surface area contributed by atoms with Crippen LogP contribution in [-0.2, 0) is 0 Å². The summed E-state index contributed by atoms with van der Waals surface area (Å²) in [5.74, 6) is 0.122. The molecule has 0 spiro atoms. The second-order valence-corrected chi connectivity index (χ2v) is 5.02. The van der Waals surface area contributed by atoms with Crippen molar-refractivity contribution in [2.75, 3.05) is 0 Å². The van der Waals surface area contributed by atoms with Gasteiger partial charge in [-0.15, -0.1) is 0 Å². The van der Waals surface area contributed by atoms with Gasteiger partial charge >= 0.3 is 0 Å². The van der Waals surface area contributed by atoms with Crippen LogP contribution in [0.1, 0.15) is 0 Å². The molecule has 2 aromatic rings. The van der Waals surface area contributed by atoms with Crippen LogP contribution in [0.2, 0.25) is 5.02 Å². The lowest BCUT2D eigenvalue weighted by molar-refractivity contribution is -0.387. The highest BCUT2D eigenvalue weighted by atomic mass is 35.5. The monoisotopic (exact) mass is 281 g/mol. The number of aromatic hydroxyl groups is 1. The molecule has 0 aliphatic rings. The number of hydrogen-bond donors (Lipinski definition) is 1. The fraction of sp³-hybridized carbons (Fsp3) is 0. The van der Waals surface area contributed by atoms with Gasteiger partial charge in [0, 0.05) is 16.0 Å². The molecule has 0 aliphatic carbocycles. The molecule has 6 heteroatoms. The Kier molecular flexibility index (Phi) is 3.74. The van der Waals surface area contributed by atoms with Crippen molar-refractivity contribution in [2.24, 2.45) is 0 Å². The van der Waals surface area contributed by atoms with E-state index in [2.05, 4.69) is 0 Å². The summed E-state index contributed by atoms with van der Waals surface area (Å²) >= 11 is 6.94. The summed E-state index contributed by atoms with van der Waals surface area (Å²) in [6, 6.07) is 11.0. The first-order chi connectivity index (χ1) is 8.56. The van der Waals surface area contributed by atoms with Crippen LogP contribution in [0, 0.1) is 10.1 Å². The molecule has 2 rings (SSSR count). The first-order valence-corrected chi connectivity index (χ1v) is 6.16. The number of benzene rings is 2. The first kappa shape index (κ1) is 12.7. The van der Waals surface area contributed by atoms with Crippen molar-refractivity contribution in [3.63, 3.8) is 0 Å². The molecule has 0 heterocycles. The van der Waals surface area contributed by atoms with Crippen molar-refractivity contribution in [1.82, 2.24) is 0 Å². The highest BCUT2D eigenvalue weighted by Crippen LogP contribution is 2.37. The maximum atomic E-state index is 10.9. The van der Waals surface area contributed by atoms with Gasteiger partial charge in [-0.05, 0) is 30.3 Å². The Hall–Kier alpha value is -1.72. The largest absolute Gasteiger partial charge is 0.508 e. The lowest BCUT2D eigenvalue weighted by atomic mass is 10.3. The molecule has 0 saturated carbocycles. The van der Waals surface area contributed by atoms with Gasteiger partial charge in [-0.2, -0.15) is 0 Å². The molecule has 0 saturated heterocycles. The SMILES string of the molecule is O=[N+]([O-])c1cc(Cl)ccc1Sc1cccc(O)c1. The Morgan fingerprint density at radius 1 is 1.22 bits per heavy atom. The van der Waals surface area contributed by atoms with Gasteiger partial charge in [0.15, 0.2) is 0 Å². The molecule has 0 radical (unpaired) electrons. The highest BCUT2D eigenvalue weighted by Gasteiger charge is 2.15. The van der Waals surface area contributed by atoms with Crippen LogP contribution in [0.4, 0.5) is 5.69 Å². The van der Waals surface area contributed by atoms with Crippen LogP contribution in [-0.4, -0.2) is 10.0 Å². The van der Waals surface area contributed by atoms with Crippen molar-refractivity contribution in [2.45, 2.75) is 9.79 Å². The molecular weight excluding hydrogens is 274 g/mol. The van der Waals surface area contributed by atoms with Gasteiger partial charge in [-0.1, -0.05) is 29.4 Å². The van der Waals surface area contributed by atoms with Gasteiger partial charge in [0.1, 0.15) is 5.75 Å². The van der Waals surface area contributed by atoms with Crippen LogP contribution in [0.5, 0.6) is 5.75 Å². The molecule has 92 valence electrons. The lowest BCUT2D eigenvalue weighted by Crippen LogP contribution is -1.90. The molecule has 1 N–H and O–H groups in total. The number of halogens is 1. The van der Waals surface area contributed by atoms with Gasteiger partial charge < -0.3 is 5.11 Å². The Bertz CT molecular complexity index is 604. The zero-order valence-electron chi connectivity index (χ0n) is 9.04. The van der Waals surface area contributed by atoms with Crippen LogP contribution < -0.4 is 0 Å². The van der Waals surface area contributed by atoms with Crippen LogP contribution in [0.25, 0.3) is 0 Å². The van der Waals surface area contributed by atoms with Gasteiger partial charge in [0.2, 0.25) is 0 Å². The summed E-state index contributed by atoms with van der Waals surface area (Å²) in [6.07, 6.45) is 0. The second-order valence-electron chi connectivity index (χ2n) is 3.47. The fourth-order valence-corrected chi connectivity index (χ4v) is 2.51. The van der Waals surface area contributed by atoms with Gasteiger partial charge in [-0.3, -0.25) is 10.1 Å². The summed E-state index contributed by atoms with van der Waals surface area (Å²) in [6.45, 7) is 0. The van der Waals surface area contributed by atoms with Crippen LogP contribution in [0.3, 0.4) is 0 Å². The number of phenols is 1. The number of nitro groups is 1. The fourth-order valence-electron chi connectivity index (χ4n) is 1.39. The maximum Gasteiger partial charge on any atom is 0.284 e. The van der Waals surface area contributed by atoms with E-state index in [0.29, 0.717) is 9.92 Å². The molecular formula is C12H8ClNO3S. The molecule has 0 amide bonds. The average molecular weight is 282 g/mol. The summed E-state index contributed by atoms with van der Waals surface area (Å²) in [7, 11) is 0. The summed E-state index contributed by atoms with van der Waals surface area (Å²) < 4.78 is 0. The molecule has 4 nitrogen and oxygen atoms in total. The van der Waals surface area contributed by atoms with Crippen molar-refractivity contribution in [3.05, 3.63) is 57.6 Å². The van der Waals surface area contributed by atoms with Crippen molar-refractivity contribution >= 4 is 29.1 Å². The molecule has 0 fully saturated rings. The third kappa shape index (κ3) is 2.94. The van der Waals surface area contributed by atoms with Gasteiger partial charge in [0.05, 0.1) is 9.82 Å². The molecule has 0 aliphatic heterocycles. The lowest BCUT2D eigenvalue weighted by Gasteiger charge is -2.03. The van der Waals surface area contributed by atoms with Crippen LogP contribution >= 0.6 is 23.4 Å². The highest BCUT2D eigenvalue weighted by molar-refractivity contribution is 7.99. The summed E-state index contributed by atoms with van der Waals surface area (Å²) in [4.78, 5) is 11.6. The van der Waals surface area contributed by atoms with Crippen LogP contribution in [0.15, 0.2) is 52.3 Å². The van der Waals surface area contributed by atoms with Gasteiger partial charge in [0.25, 0.3) is 5.69 Å². The van der Waals surface area contributed by atoms with Crippen molar-refractivity contribution < 1.29 is 10.0 Å². The van der Waals surface area contributed by atoms with E-state index in [1.165, 1.54) is 17.8 Å². The number of rotatable bonds is 3. The zero-order valence-corrected chi connectivity index (χ0v) is 10.6. The normalized spacial score (nSPS) is 10.3. The average Bonchev–Trinajstić information content (AvgIpc) is 2.31. The van der Waals surface area contributed by atoms with E-state index in [-0.39, 0.29) is 11.4 Å². The smallest absolute Gasteiger partial charge is 0.284 e. The molecule has 0 atom stereocenters. The summed E-state index contributed by atoms with van der Waals surface area (Å²) in [5, 5.41) is 20.6. The predicted molar refractivity (Wildman–Crippen MR) is 70.3 cm³/mol. The van der Waals surface area contributed by atoms with Crippen molar-refractivity contribution in [1.29, 1.82) is 0 Å². The molecule has 2 aromatic carbocycles. The zero-order chi connectivity index (χ0) is 13.1. The van der Waals surface area contributed by atoms with Crippen molar-refractivity contribution in [3.8, 4) is 5.75 Å². The third-order valence-electron chi connectivity index (χ3n) is 2.16. The third-order valence-corrected chi connectivity index (χ3v) is 3.45.